The zero-order valence-electron chi connectivity index (χ0n) is 30.3. The van der Waals surface area contributed by atoms with Crippen LogP contribution in [0.4, 0.5) is 0 Å². The van der Waals surface area contributed by atoms with Gasteiger partial charge in [-0.25, -0.2) is 19.9 Å². The molecule has 6 nitrogen and oxygen atoms in total. The normalized spacial score (nSPS) is 11.9. The Kier molecular flexibility index (Phi) is 7.00. The predicted molar refractivity (Wildman–Crippen MR) is 234 cm³/mol. The molecule has 0 N–H and O–H groups in total. The monoisotopic (exact) mass is 747 g/mol. The average Bonchev–Trinajstić information content (AvgIpc) is 3.96. The largest absolute Gasteiger partial charge is 0.438 e. The molecule has 0 aliphatic carbocycles. The van der Waals surface area contributed by atoms with Gasteiger partial charge in [0.15, 0.2) is 17.5 Å². The lowest BCUT2D eigenvalue weighted by Gasteiger charge is -2.15. The molecule has 0 fully saturated rings. The van der Waals surface area contributed by atoms with Crippen LogP contribution in [0.1, 0.15) is 0 Å². The minimum absolute atomic E-state index is 0.547. The maximum atomic E-state index is 6.18. The van der Waals surface area contributed by atoms with E-state index in [9.17, 15) is 0 Å². The zero-order valence-corrected chi connectivity index (χ0v) is 31.1. The number of para-hydroxylation sites is 3. The van der Waals surface area contributed by atoms with E-state index in [4.69, 9.17) is 19.4 Å². The molecule has 0 saturated heterocycles. The summed E-state index contributed by atoms with van der Waals surface area (Å²) in [7, 11) is 0. The quantitative estimate of drug-likeness (QED) is 0.175. The Hall–Kier alpha value is -7.48. The third-order valence-electron chi connectivity index (χ3n) is 11.0. The highest BCUT2D eigenvalue weighted by atomic mass is 32.1. The van der Waals surface area contributed by atoms with Crippen LogP contribution in [-0.2, 0) is 0 Å². The molecule has 0 spiro atoms. The Morgan fingerprint density at radius 3 is 2.05 bits per heavy atom. The van der Waals surface area contributed by atoms with E-state index in [-0.39, 0.29) is 0 Å². The molecule has 0 bridgehead atoms. The van der Waals surface area contributed by atoms with Gasteiger partial charge in [0.05, 0.1) is 22.1 Å². The first-order valence-corrected chi connectivity index (χ1v) is 19.7. The van der Waals surface area contributed by atoms with Crippen molar-refractivity contribution < 1.29 is 4.42 Å². The first-order valence-electron chi connectivity index (χ1n) is 18.9. The van der Waals surface area contributed by atoms with E-state index < -0.39 is 0 Å². The van der Waals surface area contributed by atoms with Gasteiger partial charge in [0.25, 0.3) is 0 Å². The van der Waals surface area contributed by atoms with Gasteiger partial charge in [0, 0.05) is 59.2 Å². The number of hydrogen-bond acceptors (Lipinski definition) is 6. The number of pyridine rings is 1. The van der Waals surface area contributed by atoms with E-state index in [1.54, 1.807) is 6.20 Å². The third-order valence-corrected chi connectivity index (χ3v) is 12.2. The predicted octanol–water partition coefficient (Wildman–Crippen LogP) is 13.3. The van der Waals surface area contributed by atoms with Gasteiger partial charge in [-0.2, -0.15) is 0 Å². The van der Waals surface area contributed by atoms with Crippen LogP contribution in [0.2, 0.25) is 0 Å². The second-order valence-corrected chi connectivity index (χ2v) is 15.2. The lowest BCUT2D eigenvalue weighted by atomic mass is 10.0. The molecule has 0 unspecified atom stereocenters. The summed E-state index contributed by atoms with van der Waals surface area (Å²) >= 11 is 1.86. The fourth-order valence-electron chi connectivity index (χ4n) is 8.40. The van der Waals surface area contributed by atoms with Crippen molar-refractivity contribution in [2.45, 2.75) is 0 Å². The van der Waals surface area contributed by atoms with Gasteiger partial charge < -0.3 is 8.98 Å². The Bertz CT molecular complexity index is 3550. The molecule has 12 rings (SSSR count). The van der Waals surface area contributed by atoms with E-state index in [2.05, 4.69) is 125 Å². The number of benzene rings is 7. The zero-order chi connectivity index (χ0) is 37.5. The maximum Gasteiger partial charge on any atom is 0.228 e. The van der Waals surface area contributed by atoms with Crippen LogP contribution in [0.15, 0.2) is 180 Å². The Labute approximate surface area is 330 Å². The molecule has 5 aromatic heterocycles. The molecule has 0 radical (unpaired) electrons. The number of nitrogens with zero attached hydrogens (tertiary/aromatic N) is 5. The van der Waals surface area contributed by atoms with Crippen molar-refractivity contribution in [3.63, 3.8) is 0 Å². The van der Waals surface area contributed by atoms with Crippen molar-refractivity contribution in [3.8, 4) is 51.0 Å². The summed E-state index contributed by atoms with van der Waals surface area (Å²) in [6.07, 6.45) is 1.76. The lowest BCUT2D eigenvalue weighted by molar-refractivity contribution is 0.654. The highest BCUT2D eigenvalue weighted by Crippen LogP contribution is 2.43. The summed E-state index contributed by atoms with van der Waals surface area (Å²) in [5.41, 5.74) is 9.58. The molecule has 12 aromatic rings. The fraction of sp³-hybridized carbons (Fsp3) is 0. The summed E-state index contributed by atoms with van der Waals surface area (Å²) < 4.78 is 11.1. The van der Waals surface area contributed by atoms with Crippen LogP contribution in [0.3, 0.4) is 0 Å². The van der Waals surface area contributed by atoms with Crippen LogP contribution in [0.5, 0.6) is 0 Å². The third kappa shape index (κ3) is 4.96. The summed E-state index contributed by atoms with van der Waals surface area (Å²) in [6, 6.07) is 59.3. The van der Waals surface area contributed by atoms with E-state index in [1.165, 1.54) is 42.1 Å². The molecule has 7 aromatic carbocycles. The van der Waals surface area contributed by atoms with Gasteiger partial charge >= 0.3 is 0 Å². The SMILES string of the molecule is c1ccc(-c2nc(-c3ccccc3-n3c4ccccc4c4cc(-c5cccc6c5sc5ccccc56)ccc43)nc(-c3ccnc4oc5ccccc5c34)n2)cc1. The van der Waals surface area contributed by atoms with Gasteiger partial charge in [-0.05, 0) is 59.7 Å². The summed E-state index contributed by atoms with van der Waals surface area (Å²) in [5.74, 6) is 1.71. The molecule has 7 heteroatoms. The van der Waals surface area contributed by atoms with Gasteiger partial charge in [-0.1, -0.05) is 121 Å². The van der Waals surface area contributed by atoms with E-state index in [0.717, 1.165) is 49.8 Å². The Morgan fingerprint density at radius 2 is 1.14 bits per heavy atom. The second-order valence-electron chi connectivity index (χ2n) is 14.2. The fourth-order valence-corrected chi connectivity index (χ4v) is 9.64. The molecular weight excluding hydrogens is 719 g/mol. The summed E-state index contributed by atoms with van der Waals surface area (Å²) in [6.45, 7) is 0. The van der Waals surface area contributed by atoms with Crippen molar-refractivity contribution in [2.24, 2.45) is 0 Å². The number of aromatic nitrogens is 5. The number of thiophene rings is 1. The molecule has 0 atom stereocenters. The lowest BCUT2D eigenvalue weighted by Crippen LogP contribution is -2.03. The van der Waals surface area contributed by atoms with E-state index >= 15 is 0 Å². The Balaban J connectivity index is 1.08. The van der Waals surface area contributed by atoms with E-state index in [1.807, 2.05) is 65.9 Å². The smallest absolute Gasteiger partial charge is 0.228 e. The molecule has 0 aliphatic heterocycles. The summed E-state index contributed by atoms with van der Waals surface area (Å²) in [5, 5.41) is 6.81. The van der Waals surface area contributed by atoms with Gasteiger partial charge in [-0.3, -0.25) is 0 Å². The standard InChI is InChI=1S/C50H29N5OS/c1-2-13-30(14-3-1)47-52-48(54-49(53-47)38-27-28-51-50-45(38)37-18-6-10-23-43(37)56-50)36-17-5-9-22-41(36)55-40-21-8-4-15-33(40)39-29-31(25-26-42(39)55)32-19-12-20-35-34-16-7-11-24-44(34)57-46(32)35/h1-29H. The highest BCUT2D eigenvalue weighted by molar-refractivity contribution is 7.26. The Morgan fingerprint density at radius 1 is 0.456 bits per heavy atom. The average molecular weight is 748 g/mol. The molecule has 0 aliphatic rings. The number of rotatable bonds is 5. The molecule has 0 amide bonds. The van der Waals surface area contributed by atoms with Crippen molar-refractivity contribution in [3.05, 3.63) is 176 Å². The minimum Gasteiger partial charge on any atom is -0.438 e. The van der Waals surface area contributed by atoms with E-state index in [0.29, 0.717) is 23.2 Å². The van der Waals surface area contributed by atoms with Gasteiger partial charge in [0.2, 0.25) is 5.71 Å². The van der Waals surface area contributed by atoms with Crippen LogP contribution < -0.4 is 0 Å². The van der Waals surface area contributed by atoms with Crippen molar-refractivity contribution in [2.75, 3.05) is 0 Å². The summed E-state index contributed by atoms with van der Waals surface area (Å²) in [4.78, 5) is 20.1. The van der Waals surface area contributed by atoms with Crippen molar-refractivity contribution in [1.82, 2.24) is 24.5 Å². The molecule has 266 valence electrons. The number of fused-ring (bicyclic) bond motifs is 9. The number of hydrogen-bond donors (Lipinski definition) is 0. The van der Waals surface area contributed by atoms with Crippen LogP contribution in [-0.4, -0.2) is 24.5 Å². The maximum absolute atomic E-state index is 6.18. The van der Waals surface area contributed by atoms with Crippen LogP contribution in [0.25, 0.3) is 115 Å². The second kappa shape index (κ2) is 12.5. The van der Waals surface area contributed by atoms with Crippen LogP contribution in [0, 0.1) is 0 Å². The topological polar surface area (TPSA) is 69.6 Å². The van der Waals surface area contributed by atoms with Crippen molar-refractivity contribution >= 4 is 75.4 Å². The number of furan rings is 1. The first-order chi connectivity index (χ1) is 28.3. The molecule has 5 heterocycles. The van der Waals surface area contributed by atoms with Gasteiger partial charge in [-0.15, -0.1) is 11.3 Å². The van der Waals surface area contributed by atoms with Gasteiger partial charge in [0.1, 0.15) is 5.58 Å². The molecule has 57 heavy (non-hydrogen) atoms. The molecular formula is C50H29N5OS. The molecule has 0 saturated carbocycles. The van der Waals surface area contributed by atoms with Crippen molar-refractivity contribution in [1.29, 1.82) is 0 Å². The highest BCUT2D eigenvalue weighted by Gasteiger charge is 2.22. The van der Waals surface area contributed by atoms with Crippen LogP contribution >= 0.6 is 11.3 Å². The first kappa shape index (κ1) is 31.8. The minimum atomic E-state index is 0.547.